The molecule has 1 unspecified atom stereocenters. The summed E-state index contributed by atoms with van der Waals surface area (Å²) in [5.41, 5.74) is 1.36. The normalized spacial score (nSPS) is 12.5. The van der Waals surface area contributed by atoms with E-state index in [1.54, 1.807) is 0 Å². The molecule has 0 aromatic heterocycles. The summed E-state index contributed by atoms with van der Waals surface area (Å²) >= 11 is 0. The van der Waals surface area contributed by atoms with Crippen LogP contribution < -0.4 is 5.32 Å². The maximum absolute atomic E-state index is 9.69. The quantitative estimate of drug-likeness (QED) is 0.572. The number of rotatable bonds is 12. The van der Waals surface area contributed by atoms with E-state index in [0.29, 0.717) is 33.0 Å². The molecule has 4 heteroatoms. The topological polar surface area (TPSA) is 50.7 Å². The van der Waals surface area contributed by atoms with Gasteiger partial charge < -0.3 is 19.9 Å². The molecule has 114 valence electrons. The van der Waals surface area contributed by atoms with Crippen LogP contribution >= 0.6 is 0 Å². The van der Waals surface area contributed by atoms with Crippen LogP contribution in [0.2, 0.25) is 0 Å². The fourth-order valence-corrected chi connectivity index (χ4v) is 1.87. The van der Waals surface area contributed by atoms with Crippen LogP contribution in [0.15, 0.2) is 30.3 Å². The number of hydrogen-bond acceptors (Lipinski definition) is 4. The van der Waals surface area contributed by atoms with Crippen LogP contribution in [0.5, 0.6) is 0 Å². The van der Waals surface area contributed by atoms with Crippen molar-refractivity contribution < 1.29 is 14.6 Å². The lowest BCUT2D eigenvalue weighted by atomic mass is 10.1. The van der Waals surface area contributed by atoms with Gasteiger partial charge in [0.05, 0.1) is 25.9 Å². The van der Waals surface area contributed by atoms with Crippen LogP contribution in [0.4, 0.5) is 0 Å². The van der Waals surface area contributed by atoms with E-state index in [2.05, 4.69) is 29.6 Å². The molecule has 1 atom stereocenters. The molecule has 20 heavy (non-hydrogen) atoms. The van der Waals surface area contributed by atoms with Crippen LogP contribution in [0.25, 0.3) is 0 Å². The molecule has 0 fully saturated rings. The van der Waals surface area contributed by atoms with Crippen LogP contribution in [0.3, 0.4) is 0 Å². The van der Waals surface area contributed by atoms with Crippen molar-refractivity contribution in [2.24, 2.45) is 0 Å². The molecule has 1 rings (SSSR count). The summed E-state index contributed by atoms with van der Waals surface area (Å²) in [6.07, 6.45) is 1.69. The maximum atomic E-state index is 9.69. The van der Waals surface area contributed by atoms with Crippen molar-refractivity contribution in [3.8, 4) is 0 Å². The van der Waals surface area contributed by atoms with Crippen molar-refractivity contribution >= 4 is 0 Å². The number of aryl methyl sites for hydroxylation is 1. The Morgan fingerprint density at radius 2 is 1.90 bits per heavy atom. The zero-order chi connectivity index (χ0) is 14.5. The summed E-state index contributed by atoms with van der Waals surface area (Å²) in [4.78, 5) is 0. The number of aliphatic hydroxyl groups excluding tert-OH is 1. The van der Waals surface area contributed by atoms with Gasteiger partial charge in [-0.25, -0.2) is 0 Å². The summed E-state index contributed by atoms with van der Waals surface area (Å²) in [6.45, 7) is 5.63. The fourth-order valence-electron chi connectivity index (χ4n) is 1.87. The summed E-state index contributed by atoms with van der Waals surface area (Å²) in [6, 6.07) is 10.4. The van der Waals surface area contributed by atoms with E-state index >= 15 is 0 Å². The molecule has 0 aliphatic carbocycles. The van der Waals surface area contributed by atoms with Gasteiger partial charge in [0.15, 0.2) is 0 Å². The van der Waals surface area contributed by atoms with Gasteiger partial charge >= 0.3 is 0 Å². The van der Waals surface area contributed by atoms with Gasteiger partial charge in [0.2, 0.25) is 0 Å². The second kappa shape index (κ2) is 11.9. The molecule has 2 N–H and O–H groups in total. The third kappa shape index (κ3) is 9.04. The zero-order valence-corrected chi connectivity index (χ0v) is 12.4. The molecule has 0 bridgehead atoms. The molecular formula is C16H27NO3. The van der Waals surface area contributed by atoms with Crippen molar-refractivity contribution in [1.29, 1.82) is 0 Å². The Morgan fingerprint density at radius 3 is 2.65 bits per heavy atom. The van der Waals surface area contributed by atoms with Crippen LogP contribution in [0, 0.1) is 0 Å². The molecule has 0 spiro atoms. The molecule has 0 aliphatic rings. The molecule has 0 saturated carbocycles. The average molecular weight is 281 g/mol. The standard InChI is InChI=1S/C16H27NO3/c1-2-19-11-12-20-14-16(18)13-17-10-6-9-15-7-4-3-5-8-15/h3-5,7-8,16-18H,2,6,9-14H2,1H3. The highest BCUT2D eigenvalue weighted by Gasteiger charge is 2.03. The highest BCUT2D eigenvalue weighted by Crippen LogP contribution is 2.01. The number of aliphatic hydroxyl groups is 1. The number of nitrogens with one attached hydrogen (secondary N) is 1. The summed E-state index contributed by atoms with van der Waals surface area (Å²) < 4.78 is 10.5. The maximum Gasteiger partial charge on any atom is 0.0897 e. The first-order valence-electron chi connectivity index (χ1n) is 7.41. The van der Waals surface area contributed by atoms with Crippen LogP contribution in [-0.2, 0) is 15.9 Å². The Balaban J connectivity index is 1.90. The van der Waals surface area contributed by atoms with Gasteiger partial charge in [-0.15, -0.1) is 0 Å². The fraction of sp³-hybridized carbons (Fsp3) is 0.625. The molecular weight excluding hydrogens is 254 g/mol. The Hall–Kier alpha value is -0.940. The van der Waals surface area contributed by atoms with Gasteiger partial charge in [-0.1, -0.05) is 30.3 Å². The molecule has 0 aliphatic heterocycles. The van der Waals surface area contributed by atoms with Gasteiger partial charge in [-0.2, -0.15) is 0 Å². The first kappa shape index (κ1) is 17.1. The van der Waals surface area contributed by atoms with E-state index in [1.807, 2.05) is 13.0 Å². The molecule has 0 radical (unpaired) electrons. The average Bonchev–Trinajstić information content (AvgIpc) is 2.48. The largest absolute Gasteiger partial charge is 0.389 e. The molecule has 0 amide bonds. The Labute approximate surface area is 122 Å². The molecule has 4 nitrogen and oxygen atoms in total. The van der Waals surface area contributed by atoms with Crippen LogP contribution in [0.1, 0.15) is 18.9 Å². The molecule has 0 heterocycles. The Morgan fingerprint density at radius 1 is 1.15 bits per heavy atom. The van der Waals surface area contributed by atoms with Gasteiger partial charge in [0, 0.05) is 13.2 Å². The van der Waals surface area contributed by atoms with E-state index in [-0.39, 0.29) is 0 Å². The van der Waals surface area contributed by atoms with Crippen molar-refractivity contribution in [2.75, 3.05) is 39.5 Å². The first-order valence-corrected chi connectivity index (χ1v) is 7.41. The van der Waals surface area contributed by atoms with Gasteiger partial charge in [-0.05, 0) is 31.9 Å². The van der Waals surface area contributed by atoms with E-state index < -0.39 is 6.10 Å². The predicted molar refractivity (Wildman–Crippen MR) is 81.0 cm³/mol. The highest BCUT2D eigenvalue weighted by molar-refractivity contribution is 5.14. The third-order valence-electron chi connectivity index (χ3n) is 2.93. The lowest BCUT2D eigenvalue weighted by Crippen LogP contribution is -2.31. The van der Waals surface area contributed by atoms with Crippen molar-refractivity contribution in [3.05, 3.63) is 35.9 Å². The van der Waals surface area contributed by atoms with E-state index in [1.165, 1.54) is 5.56 Å². The van der Waals surface area contributed by atoms with Crippen molar-refractivity contribution in [1.82, 2.24) is 5.32 Å². The minimum Gasteiger partial charge on any atom is -0.389 e. The monoisotopic (exact) mass is 281 g/mol. The Kier molecular flexibility index (Phi) is 10.1. The summed E-state index contributed by atoms with van der Waals surface area (Å²) in [5, 5.41) is 12.9. The van der Waals surface area contributed by atoms with Crippen LogP contribution in [-0.4, -0.2) is 50.7 Å². The van der Waals surface area contributed by atoms with E-state index in [9.17, 15) is 5.11 Å². The molecule has 1 aromatic carbocycles. The van der Waals surface area contributed by atoms with Gasteiger partial charge in [0.25, 0.3) is 0 Å². The summed E-state index contributed by atoms with van der Waals surface area (Å²) in [7, 11) is 0. The van der Waals surface area contributed by atoms with Gasteiger partial charge in [-0.3, -0.25) is 0 Å². The molecule has 0 saturated heterocycles. The number of hydrogen-bond donors (Lipinski definition) is 2. The summed E-state index contributed by atoms with van der Waals surface area (Å²) in [5.74, 6) is 0. The highest BCUT2D eigenvalue weighted by atomic mass is 16.5. The number of benzene rings is 1. The zero-order valence-electron chi connectivity index (χ0n) is 12.4. The predicted octanol–water partition coefficient (Wildman–Crippen LogP) is 1.62. The lowest BCUT2D eigenvalue weighted by Gasteiger charge is -2.12. The number of ether oxygens (including phenoxy) is 2. The first-order chi connectivity index (χ1) is 9.83. The smallest absolute Gasteiger partial charge is 0.0897 e. The van der Waals surface area contributed by atoms with Crippen molar-refractivity contribution in [3.63, 3.8) is 0 Å². The minimum absolute atomic E-state index is 0.360. The SMILES string of the molecule is CCOCCOCC(O)CNCCCc1ccccc1. The van der Waals surface area contributed by atoms with Crippen molar-refractivity contribution in [2.45, 2.75) is 25.9 Å². The lowest BCUT2D eigenvalue weighted by molar-refractivity contribution is 0.00656. The Bertz CT molecular complexity index is 319. The second-order valence-electron chi connectivity index (χ2n) is 4.72. The molecule has 1 aromatic rings. The third-order valence-corrected chi connectivity index (χ3v) is 2.93. The van der Waals surface area contributed by atoms with Gasteiger partial charge in [0.1, 0.15) is 0 Å². The van der Waals surface area contributed by atoms with E-state index in [4.69, 9.17) is 9.47 Å². The second-order valence-corrected chi connectivity index (χ2v) is 4.72. The van der Waals surface area contributed by atoms with E-state index in [0.717, 1.165) is 19.4 Å². The minimum atomic E-state index is -0.451.